The summed E-state index contributed by atoms with van der Waals surface area (Å²) in [6.45, 7) is 4.64. The van der Waals surface area contributed by atoms with E-state index in [-0.39, 0.29) is 12.1 Å². The molecule has 1 aromatic rings. The van der Waals surface area contributed by atoms with Crippen LogP contribution in [0.3, 0.4) is 0 Å². The van der Waals surface area contributed by atoms with E-state index in [0.717, 1.165) is 18.7 Å². The summed E-state index contributed by atoms with van der Waals surface area (Å²) >= 11 is 0. The summed E-state index contributed by atoms with van der Waals surface area (Å²) in [6, 6.07) is 6.61. The molecule has 1 N–H and O–H groups in total. The van der Waals surface area contributed by atoms with Crippen molar-refractivity contribution in [1.82, 2.24) is 10.2 Å². The molecule has 0 atom stereocenters. The topological polar surface area (TPSA) is 15.3 Å². The van der Waals surface area contributed by atoms with Crippen molar-refractivity contribution in [2.75, 3.05) is 32.7 Å². The highest BCUT2D eigenvalue weighted by atomic mass is 19.3. The van der Waals surface area contributed by atoms with Crippen LogP contribution >= 0.6 is 0 Å². The maximum atomic E-state index is 14.1. The largest absolute Gasteiger partial charge is 0.314 e. The van der Waals surface area contributed by atoms with Crippen molar-refractivity contribution in [3.63, 3.8) is 0 Å². The summed E-state index contributed by atoms with van der Waals surface area (Å²) < 4.78 is 28.1. The lowest BCUT2D eigenvalue weighted by molar-refractivity contribution is -0.0401. The Labute approximate surface area is 101 Å². The second-order valence-electron chi connectivity index (χ2n) is 4.60. The Hall–Kier alpha value is -1.00. The molecule has 0 saturated carbocycles. The molecule has 0 aromatic heterocycles. The first-order chi connectivity index (χ1) is 8.08. The third-order valence-corrected chi connectivity index (χ3v) is 3.07. The Morgan fingerprint density at radius 2 is 2.00 bits per heavy atom. The van der Waals surface area contributed by atoms with Crippen LogP contribution in [0.1, 0.15) is 11.1 Å². The first kappa shape index (κ1) is 12.5. The van der Waals surface area contributed by atoms with Gasteiger partial charge in [-0.15, -0.1) is 0 Å². The highest BCUT2D eigenvalue weighted by Crippen LogP contribution is 2.29. The minimum Gasteiger partial charge on any atom is -0.314 e. The van der Waals surface area contributed by atoms with Crippen LogP contribution in [0, 0.1) is 6.92 Å². The highest BCUT2D eigenvalue weighted by Gasteiger charge is 2.34. The van der Waals surface area contributed by atoms with E-state index >= 15 is 0 Å². The number of nitrogens with one attached hydrogen (secondary N) is 1. The minimum absolute atomic E-state index is 0.121. The lowest BCUT2D eigenvalue weighted by Crippen LogP contribution is -2.47. The van der Waals surface area contributed by atoms with Crippen molar-refractivity contribution in [1.29, 1.82) is 0 Å². The van der Waals surface area contributed by atoms with E-state index in [0.29, 0.717) is 13.1 Å². The number of rotatable bonds is 3. The predicted octanol–water partition coefficient (Wildman–Crippen LogP) is 1.99. The van der Waals surface area contributed by atoms with E-state index in [2.05, 4.69) is 5.32 Å². The summed E-state index contributed by atoms with van der Waals surface area (Å²) in [5.41, 5.74) is 0.999. The van der Waals surface area contributed by atoms with Gasteiger partial charge in [0.15, 0.2) is 0 Å². The standard InChI is InChI=1S/C13H18F2N2/c1-11-3-2-4-12(9-11)13(14,15)10-17-7-5-16-6-8-17/h2-4,9,16H,5-8,10H2,1H3. The van der Waals surface area contributed by atoms with Crippen LogP contribution in [-0.4, -0.2) is 37.6 Å². The van der Waals surface area contributed by atoms with Gasteiger partial charge in [0.2, 0.25) is 0 Å². The molecule has 1 fully saturated rings. The third kappa shape index (κ3) is 3.23. The van der Waals surface area contributed by atoms with Gasteiger partial charge in [-0.2, -0.15) is 8.78 Å². The minimum atomic E-state index is -2.76. The fourth-order valence-corrected chi connectivity index (χ4v) is 2.11. The zero-order chi connectivity index (χ0) is 12.3. The SMILES string of the molecule is Cc1cccc(C(F)(F)CN2CCNCC2)c1. The van der Waals surface area contributed by atoms with Gasteiger partial charge in [0.05, 0.1) is 6.54 Å². The van der Waals surface area contributed by atoms with Crippen molar-refractivity contribution < 1.29 is 8.78 Å². The summed E-state index contributed by atoms with van der Waals surface area (Å²) in [5, 5.41) is 3.16. The quantitative estimate of drug-likeness (QED) is 0.869. The normalized spacial score (nSPS) is 18.3. The summed E-state index contributed by atoms with van der Waals surface area (Å²) in [7, 11) is 0. The Balaban J connectivity index is 2.06. The van der Waals surface area contributed by atoms with Crippen LogP contribution in [0.5, 0.6) is 0 Å². The summed E-state index contributed by atoms with van der Waals surface area (Å²) in [6.07, 6.45) is 0. The highest BCUT2D eigenvalue weighted by molar-refractivity contribution is 5.26. The molecule has 0 radical (unpaired) electrons. The average Bonchev–Trinajstić information content (AvgIpc) is 2.30. The van der Waals surface area contributed by atoms with Gasteiger partial charge in [0.1, 0.15) is 0 Å². The van der Waals surface area contributed by atoms with Crippen LogP contribution in [0.4, 0.5) is 8.78 Å². The first-order valence-electron chi connectivity index (χ1n) is 5.96. The van der Waals surface area contributed by atoms with E-state index in [1.807, 2.05) is 17.9 Å². The Morgan fingerprint density at radius 3 is 2.65 bits per heavy atom. The number of aryl methyl sites for hydroxylation is 1. The molecule has 0 spiro atoms. The van der Waals surface area contributed by atoms with E-state index in [1.54, 1.807) is 12.1 Å². The molecule has 1 heterocycles. The predicted molar refractivity (Wildman–Crippen MR) is 64.4 cm³/mol. The molecule has 94 valence electrons. The number of hydrogen-bond donors (Lipinski definition) is 1. The van der Waals surface area contributed by atoms with Crippen LogP contribution in [0.25, 0.3) is 0 Å². The smallest absolute Gasteiger partial charge is 0.285 e. The zero-order valence-corrected chi connectivity index (χ0v) is 10.0. The van der Waals surface area contributed by atoms with Crippen LogP contribution in [0.2, 0.25) is 0 Å². The van der Waals surface area contributed by atoms with Crippen molar-refractivity contribution >= 4 is 0 Å². The molecule has 2 rings (SSSR count). The number of nitrogens with zero attached hydrogens (tertiary/aromatic N) is 1. The van der Waals surface area contributed by atoms with E-state index in [9.17, 15) is 8.78 Å². The number of hydrogen-bond acceptors (Lipinski definition) is 2. The first-order valence-corrected chi connectivity index (χ1v) is 5.96. The molecule has 4 heteroatoms. The summed E-state index contributed by atoms with van der Waals surface area (Å²) in [4.78, 5) is 1.82. The van der Waals surface area contributed by atoms with E-state index in [1.165, 1.54) is 6.07 Å². The third-order valence-electron chi connectivity index (χ3n) is 3.07. The Bertz CT molecular complexity index is 373. The van der Waals surface area contributed by atoms with Crippen molar-refractivity contribution in [2.24, 2.45) is 0 Å². The van der Waals surface area contributed by atoms with Crippen LogP contribution in [0.15, 0.2) is 24.3 Å². The van der Waals surface area contributed by atoms with Crippen molar-refractivity contribution in [2.45, 2.75) is 12.8 Å². The zero-order valence-electron chi connectivity index (χ0n) is 10.0. The Morgan fingerprint density at radius 1 is 1.29 bits per heavy atom. The van der Waals surface area contributed by atoms with Gasteiger partial charge in [-0.3, -0.25) is 4.90 Å². The molecule has 0 bridgehead atoms. The fraction of sp³-hybridized carbons (Fsp3) is 0.538. The number of halogens is 2. The maximum absolute atomic E-state index is 14.1. The molecular formula is C13H18F2N2. The molecule has 2 nitrogen and oxygen atoms in total. The van der Waals surface area contributed by atoms with Gasteiger partial charge in [-0.25, -0.2) is 0 Å². The molecule has 0 amide bonds. The molecule has 1 saturated heterocycles. The van der Waals surface area contributed by atoms with Crippen LogP contribution < -0.4 is 5.32 Å². The number of piperazine rings is 1. The number of alkyl halides is 2. The number of benzene rings is 1. The average molecular weight is 240 g/mol. The molecule has 0 unspecified atom stereocenters. The molecule has 0 aliphatic carbocycles. The van der Waals surface area contributed by atoms with Crippen molar-refractivity contribution in [3.8, 4) is 0 Å². The molecule has 1 aliphatic heterocycles. The Kier molecular flexibility index (Phi) is 3.74. The summed E-state index contributed by atoms with van der Waals surface area (Å²) in [5.74, 6) is -2.76. The molecule has 1 aromatic carbocycles. The maximum Gasteiger partial charge on any atom is 0.285 e. The van der Waals surface area contributed by atoms with Crippen molar-refractivity contribution in [3.05, 3.63) is 35.4 Å². The lowest BCUT2D eigenvalue weighted by atomic mass is 10.1. The van der Waals surface area contributed by atoms with Gasteiger partial charge in [-0.05, 0) is 6.92 Å². The lowest BCUT2D eigenvalue weighted by Gasteiger charge is -2.30. The molecular weight excluding hydrogens is 222 g/mol. The fourth-order valence-electron chi connectivity index (χ4n) is 2.11. The second kappa shape index (κ2) is 5.10. The second-order valence-corrected chi connectivity index (χ2v) is 4.60. The monoisotopic (exact) mass is 240 g/mol. The van der Waals surface area contributed by atoms with Gasteiger partial charge in [-0.1, -0.05) is 29.8 Å². The molecule has 1 aliphatic rings. The van der Waals surface area contributed by atoms with Gasteiger partial charge < -0.3 is 5.32 Å². The van der Waals surface area contributed by atoms with Gasteiger partial charge >= 0.3 is 0 Å². The van der Waals surface area contributed by atoms with E-state index in [4.69, 9.17) is 0 Å². The van der Waals surface area contributed by atoms with Crippen LogP contribution in [-0.2, 0) is 5.92 Å². The van der Waals surface area contributed by atoms with Gasteiger partial charge in [0.25, 0.3) is 5.92 Å². The molecule has 17 heavy (non-hydrogen) atoms. The van der Waals surface area contributed by atoms with E-state index < -0.39 is 5.92 Å². The van der Waals surface area contributed by atoms with Gasteiger partial charge in [0, 0.05) is 31.7 Å².